The molecule has 4 nitrogen and oxygen atoms in total. The number of ketones is 1. The Morgan fingerprint density at radius 1 is 1.24 bits per heavy atom. The minimum atomic E-state index is -0.0236. The normalized spacial score (nSPS) is 10.6. The van der Waals surface area contributed by atoms with Crippen molar-refractivity contribution in [1.82, 2.24) is 9.80 Å². The van der Waals surface area contributed by atoms with Gasteiger partial charge in [-0.25, -0.2) is 0 Å². The fraction of sp³-hybridized carbons (Fsp3) is 0.455. The van der Waals surface area contributed by atoms with Gasteiger partial charge in [0, 0.05) is 14.1 Å². The third kappa shape index (κ3) is 4.46. The Balaban J connectivity index is 2.49. The van der Waals surface area contributed by atoms with Gasteiger partial charge >= 0.3 is 0 Å². The van der Waals surface area contributed by atoms with Crippen LogP contribution >= 0.6 is 22.9 Å². The van der Waals surface area contributed by atoms with E-state index in [0.717, 1.165) is 0 Å². The molecule has 0 aromatic carbocycles. The van der Waals surface area contributed by atoms with Crippen molar-refractivity contribution in [1.29, 1.82) is 0 Å². The van der Waals surface area contributed by atoms with E-state index in [1.165, 1.54) is 16.2 Å². The molecule has 0 aliphatic rings. The third-order valence-corrected chi connectivity index (χ3v) is 3.44. The summed E-state index contributed by atoms with van der Waals surface area (Å²) in [7, 11) is 5.13. The molecule has 0 fully saturated rings. The minimum absolute atomic E-state index is 0.0176. The highest BCUT2D eigenvalue weighted by Crippen LogP contribution is 2.21. The number of amides is 1. The van der Waals surface area contributed by atoms with Crippen LogP contribution in [0.15, 0.2) is 12.1 Å². The number of thiophene rings is 1. The maximum atomic E-state index is 11.8. The zero-order valence-corrected chi connectivity index (χ0v) is 11.6. The van der Waals surface area contributed by atoms with Crippen LogP contribution in [0.2, 0.25) is 4.34 Å². The molecule has 0 aliphatic carbocycles. The van der Waals surface area contributed by atoms with Crippen molar-refractivity contribution < 1.29 is 9.59 Å². The fourth-order valence-corrected chi connectivity index (χ4v) is 2.19. The number of hydrogen-bond acceptors (Lipinski definition) is 4. The molecule has 0 atom stereocenters. The minimum Gasteiger partial charge on any atom is -0.348 e. The Morgan fingerprint density at radius 3 is 2.35 bits per heavy atom. The number of carbonyl (C=O) groups excluding carboxylic acids is 2. The zero-order valence-electron chi connectivity index (χ0n) is 10.1. The highest BCUT2D eigenvalue weighted by molar-refractivity contribution is 7.18. The summed E-state index contributed by atoms with van der Waals surface area (Å²) < 4.78 is 0.598. The summed E-state index contributed by atoms with van der Waals surface area (Å²) in [5.74, 6) is -0.0412. The smallest absolute Gasteiger partial charge is 0.236 e. The van der Waals surface area contributed by atoms with E-state index in [4.69, 9.17) is 11.6 Å². The second-order valence-corrected chi connectivity index (χ2v) is 5.70. The SMILES string of the molecule is CN(CC(=O)c1ccc(Cl)s1)CC(=O)N(C)C. The number of nitrogens with zero attached hydrogens (tertiary/aromatic N) is 2. The number of likely N-dealkylation sites (N-methyl/N-ethyl adjacent to an activating group) is 2. The summed E-state index contributed by atoms with van der Waals surface area (Å²) >= 11 is 7.02. The summed E-state index contributed by atoms with van der Waals surface area (Å²) in [5, 5.41) is 0. The zero-order chi connectivity index (χ0) is 13.0. The van der Waals surface area contributed by atoms with Gasteiger partial charge in [0.1, 0.15) is 0 Å². The molecule has 0 saturated carbocycles. The molecular formula is C11H15ClN2O2S. The predicted octanol–water partition coefficient (Wildman–Crippen LogP) is 1.60. The monoisotopic (exact) mass is 274 g/mol. The van der Waals surface area contributed by atoms with Crippen molar-refractivity contribution in [3.8, 4) is 0 Å². The van der Waals surface area contributed by atoms with E-state index in [-0.39, 0.29) is 24.8 Å². The van der Waals surface area contributed by atoms with Gasteiger partial charge in [0.25, 0.3) is 0 Å². The van der Waals surface area contributed by atoms with Crippen LogP contribution in [0.5, 0.6) is 0 Å². The fourth-order valence-electron chi connectivity index (χ4n) is 1.22. The quantitative estimate of drug-likeness (QED) is 0.766. The molecule has 1 amide bonds. The Kier molecular flexibility index (Phi) is 5.11. The first kappa shape index (κ1) is 14.2. The first-order valence-electron chi connectivity index (χ1n) is 5.07. The van der Waals surface area contributed by atoms with Gasteiger partial charge in [0.2, 0.25) is 5.91 Å². The molecule has 94 valence electrons. The van der Waals surface area contributed by atoms with Crippen LogP contribution in [0, 0.1) is 0 Å². The molecular weight excluding hydrogens is 260 g/mol. The average molecular weight is 275 g/mol. The van der Waals surface area contributed by atoms with Crippen molar-refractivity contribution >= 4 is 34.6 Å². The standard InChI is InChI=1S/C11H15ClN2O2S/c1-13(2)11(16)7-14(3)6-8(15)9-4-5-10(12)17-9/h4-5H,6-7H2,1-3H3. The maximum absolute atomic E-state index is 11.8. The highest BCUT2D eigenvalue weighted by Gasteiger charge is 2.14. The van der Waals surface area contributed by atoms with Gasteiger partial charge in [-0.15, -0.1) is 11.3 Å². The van der Waals surface area contributed by atoms with Crippen molar-refractivity contribution in [2.75, 3.05) is 34.2 Å². The number of Topliss-reactive ketones (excluding diaryl/α,β-unsaturated/α-hetero) is 1. The molecule has 6 heteroatoms. The lowest BCUT2D eigenvalue weighted by Crippen LogP contribution is -2.36. The van der Waals surface area contributed by atoms with Crippen LogP contribution in [0.4, 0.5) is 0 Å². The Hall–Kier alpha value is -0.910. The molecule has 0 spiro atoms. The van der Waals surface area contributed by atoms with E-state index in [1.807, 2.05) is 0 Å². The predicted molar refractivity (Wildman–Crippen MR) is 69.9 cm³/mol. The molecule has 0 bridgehead atoms. The summed E-state index contributed by atoms with van der Waals surface area (Å²) in [5.41, 5.74) is 0. The molecule has 0 unspecified atom stereocenters. The first-order chi connectivity index (χ1) is 7.90. The van der Waals surface area contributed by atoms with Crippen molar-refractivity contribution in [3.63, 3.8) is 0 Å². The first-order valence-corrected chi connectivity index (χ1v) is 6.27. The number of halogens is 1. The molecule has 17 heavy (non-hydrogen) atoms. The van der Waals surface area contributed by atoms with E-state index in [0.29, 0.717) is 9.21 Å². The lowest BCUT2D eigenvalue weighted by atomic mass is 10.3. The summed E-state index contributed by atoms with van der Waals surface area (Å²) in [6.07, 6.45) is 0. The lowest BCUT2D eigenvalue weighted by molar-refractivity contribution is -0.129. The van der Waals surface area contributed by atoms with Crippen LogP contribution in [0.1, 0.15) is 9.67 Å². The van der Waals surface area contributed by atoms with Gasteiger partial charge in [0.15, 0.2) is 5.78 Å². The van der Waals surface area contributed by atoms with E-state index in [2.05, 4.69) is 0 Å². The average Bonchev–Trinajstić information content (AvgIpc) is 2.64. The van der Waals surface area contributed by atoms with E-state index in [9.17, 15) is 9.59 Å². The Labute approximate surface area is 110 Å². The van der Waals surface area contributed by atoms with Gasteiger partial charge in [-0.3, -0.25) is 14.5 Å². The van der Waals surface area contributed by atoms with E-state index in [1.54, 1.807) is 38.2 Å². The molecule has 0 aliphatic heterocycles. The molecule has 1 rings (SSSR count). The van der Waals surface area contributed by atoms with Crippen molar-refractivity contribution in [3.05, 3.63) is 21.3 Å². The second-order valence-electron chi connectivity index (χ2n) is 3.99. The van der Waals surface area contributed by atoms with Crippen molar-refractivity contribution in [2.45, 2.75) is 0 Å². The molecule has 1 heterocycles. The van der Waals surface area contributed by atoms with Crippen LogP contribution in [-0.2, 0) is 4.79 Å². The summed E-state index contributed by atoms with van der Waals surface area (Å²) in [4.78, 5) is 27.1. The van der Waals surface area contributed by atoms with Crippen LogP contribution < -0.4 is 0 Å². The van der Waals surface area contributed by atoms with Crippen LogP contribution in [0.25, 0.3) is 0 Å². The molecule has 0 N–H and O–H groups in total. The molecule has 0 radical (unpaired) electrons. The van der Waals surface area contributed by atoms with Gasteiger partial charge in [0.05, 0.1) is 22.3 Å². The van der Waals surface area contributed by atoms with E-state index < -0.39 is 0 Å². The maximum Gasteiger partial charge on any atom is 0.236 e. The number of rotatable bonds is 5. The summed E-state index contributed by atoms with van der Waals surface area (Å²) in [6, 6.07) is 3.40. The van der Waals surface area contributed by atoms with E-state index >= 15 is 0 Å². The van der Waals surface area contributed by atoms with Crippen molar-refractivity contribution in [2.24, 2.45) is 0 Å². The largest absolute Gasteiger partial charge is 0.348 e. The summed E-state index contributed by atoms with van der Waals surface area (Å²) in [6.45, 7) is 0.453. The molecule has 0 saturated heterocycles. The third-order valence-electron chi connectivity index (χ3n) is 2.17. The second kappa shape index (κ2) is 6.14. The molecule has 1 aromatic rings. The lowest BCUT2D eigenvalue weighted by Gasteiger charge is -2.17. The topological polar surface area (TPSA) is 40.6 Å². The van der Waals surface area contributed by atoms with Crippen LogP contribution in [0.3, 0.4) is 0 Å². The molecule has 1 aromatic heterocycles. The van der Waals surface area contributed by atoms with Gasteiger partial charge in [-0.2, -0.15) is 0 Å². The Morgan fingerprint density at radius 2 is 1.88 bits per heavy atom. The Bertz CT molecular complexity index is 417. The number of carbonyl (C=O) groups is 2. The van der Waals surface area contributed by atoms with Gasteiger partial charge < -0.3 is 4.90 Å². The van der Waals surface area contributed by atoms with Crippen LogP contribution in [-0.4, -0.2) is 55.7 Å². The van der Waals surface area contributed by atoms with Gasteiger partial charge in [-0.1, -0.05) is 11.6 Å². The highest BCUT2D eigenvalue weighted by atomic mass is 35.5. The van der Waals surface area contributed by atoms with Gasteiger partial charge in [-0.05, 0) is 19.2 Å². The number of hydrogen-bond donors (Lipinski definition) is 0.